The molecular formula is C17H19N3O. The molecule has 2 aromatic rings. The van der Waals surface area contributed by atoms with Crippen molar-refractivity contribution in [2.75, 3.05) is 12.3 Å². The number of nitrogen functional groups attached to an aromatic ring is 1. The van der Waals surface area contributed by atoms with Gasteiger partial charge in [0.15, 0.2) is 0 Å². The van der Waals surface area contributed by atoms with Gasteiger partial charge >= 0.3 is 0 Å². The number of aryl methyl sites for hydroxylation is 1. The lowest BCUT2D eigenvalue weighted by Gasteiger charge is -2.30. The highest BCUT2D eigenvalue weighted by atomic mass is 16.1. The molecule has 108 valence electrons. The van der Waals surface area contributed by atoms with Crippen LogP contribution in [0.3, 0.4) is 0 Å². The summed E-state index contributed by atoms with van der Waals surface area (Å²) in [5.41, 5.74) is 9.91. The normalized spacial score (nSPS) is 16.0. The van der Waals surface area contributed by atoms with Gasteiger partial charge in [0.25, 0.3) is 5.91 Å². The summed E-state index contributed by atoms with van der Waals surface area (Å²) in [7, 11) is 0. The number of pyridine rings is 1. The molecule has 1 aromatic heterocycles. The summed E-state index contributed by atoms with van der Waals surface area (Å²) in [5, 5.41) is 3.00. The molecular weight excluding hydrogens is 262 g/mol. The third kappa shape index (κ3) is 2.75. The van der Waals surface area contributed by atoms with Gasteiger partial charge in [0.05, 0.1) is 0 Å². The smallest absolute Gasteiger partial charge is 0.251 e. The molecule has 0 saturated carbocycles. The monoisotopic (exact) mass is 281 g/mol. The average molecular weight is 281 g/mol. The summed E-state index contributed by atoms with van der Waals surface area (Å²) in [4.78, 5) is 16.4. The lowest BCUT2D eigenvalue weighted by atomic mass is 9.77. The zero-order valence-electron chi connectivity index (χ0n) is 12.1. The molecule has 1 heterocycles. The van der Waals surface area contributed by atoms with Crippen molar-refractivity contribution in [3.8, 4) is 0 Å². The molecule has 4 nitrogen and oxygen atoms in total. The topological polar surface area (TPSA) is 68.0 Å². The maximum atomic E-state index is 12.2. The molecule has 3 N–H and O–H groups in total. The summed E-state index contributed by atoms with van der Waals surface area (Å²) >= 11 is 0. The molecule has 1 atom stereocenters. The van der Waals surface area contributed by atoms with E-state index in [9.17, 15) is 4.79 Å². The Bertz CT molecular complexity index is 681. The molecule has 21 heavy (non-hydrogen) atoms. The van der Waals surface area contributed by atoms with Gasteiger partial charge in [-0.15, -0.1) is 0 Å². The predicted octanol–water partition coefficient (Wildman–Crippen LogP) is 2.30. The summed E-state index contributed by atoms with van der Waals surface area (Å²) in [6.07, 6.45) is 1.80. The van der Waals surface area contributed by atoms with Gasteiger partial charge in [-0.3, -0.25) is 4.79 Å². The van der Waals surface area contributed by atoms with Crippen molar-refractivity contribution < 1.29 is 4.79 Å². The SMILES string of the molecule is CCc1cc(C(=O)NCC2Cc3ccccc32)cc(N)n1. The number of rotatable bonds is 4. The molecule has 0 aliphatic heterocycles. The van der Waals surface area contributed by atoms with Gasteiger partial charge in [-0.25, -0.2) is 4.98 Å². The van der Waals surface area contributed by atoms with Gasteiger partial charge in [-0.1, -0.05) is 31.2 Å². The number of carbonyl (C=O) groups excluding carboxylic acids is 1. The number of carbonyl (C=O) groups is 1. The largest absolute Gasteiger partial charge is 0.384 e. The molecule has 4 heteroatoms. The first-order valence-electron chi connectivity index (χ1n) is 7.30. The first kappa shape index (κ1) is 13.6. The number of amides is 1. The number of benzene rings is 1. The number of anilines is 1. The van der Waals surface area contributed by atoms with Gasteiger partial charge < -0.3 is 11.1 Å². The molecule has 0 saturated heterocycles. The van der Waals surface area contributed by atoms with E-state index in [0.29, 0.717) is 23.8 Å². The Balaban J connectivity index is 1.64. The summed E-state index contributed by atoms with van der Waals surface area (Å²) in [6.45, 7) is 2.66. The Morgan fingerprint density at radius 3 is 2.95 bits per heavy atom. The van der Waals surface area contributed by atoms with E-state index in [1.54, 1.807) is 12.1 Å². The maximum absolute atomic E-state index is 12.2. The average Bonchev–Trinajstić information content (AvgIpc) is 2.47. The predicted molar refractivity (Wildman–Crippen MR) is 83.2 cm³/mol. The van der Waals surface area contributed by atoms with E-state index in [2.05, 4.69) is 28.5 Å². The van der Waals surface area contributed by atoms with Crippen LogP contribution in [0.4, 0.5) is 5.82 Å². The number of aromatic nitrogens is 1. The van der Waals surface area contributed by atoms with Crippen molar-refractivity contribution >= 4 is 11.7 Å². The summed E-state index contributed by atoms with van der Waals surface area (Å²) < 4.78 is 0. The summed E-state index contributed by atoms with van der Waals surface area (Å²) in [6, 6.07) is 11.8. The van der Waals surface area contributed by atoms with E-state index in [-0.39, 0.29) is 5.91 Å². The van der Waals surface area contributed by atoms with Gasteiger partial charge in [-0.05, 0) is 36.1 Å². The van der Waals surface area contributed by atoms with Crippen molar-refractivity contribution in [1.82, 2.24) is 10.3 Å². The standard InChI is InChI=1S/C17H19N3O/c1-2-14-8-12(9-16(18)20-14)17(21)19-10-13-7-11-5-3-4-6-15(11)13/h3-6,8-9,13H,2,7,10H2,1H3,(H2,18,20)(H,19,21). The van der Waals surface area contributed by atoms with Gasteiger partial charge in [0.1, 0.15) is 5.82 Å². The van der Waals surface area contributed by atoms with Crippen molar-refractivity contribution in [3.05, 3.63) is 58.8 Å². The van der Waals surface area contributed by atoms with Gasteiger partial charge in [0.2, 0.25) is 0 Å². The molecule has 1 unspecified atom stereocenters. The highest BCUT2D eigenvalue weighted by molar-refractivity contribution is 5.95. The van der Waals surface area contributed by atoms with Gasteiger partial charge in [-0.2, -0.15) is 0 Å². The number of fused-ring (bicyclic) bond motifs is 1. The van der Waals surface area contributed by atoms with Crippen LogP contribution < -0.4 is 11.1 Å². The van der Waals surface area contributed by atoms with Crippen molar-refractivity contribution in [3.63, 3.8) is 0 Å². The summed E-state index contributed by atoms with van der Waals surface area (Å²) in [5.74, 6) is 0.742. The van der Waals surface area contributed by atoms with Crippen LogP contribution in [-0.4, -0.2) is 17.4 Å². The van der Waals surface area contributed by atoms with E-state index in [0.717, 1.165) is 18.5 Å². The third-order valence-corrected chi connectivity index (χ3v) is 3.99. The van der Waals surface area contributed by atoms with Crippen LogP contribution >= 0.6 is 0 Å². The fourth-order valence-corrected chi connectivity index (χ4v) is 2.79. The van der Waals surface area contributed by atoms with Crippen molar-refractivity contribution in [2.45, 2.75) is 25.7 Å². The second kappa shape index (κ2) is 5.56. The Morgan fingerprint density at radius 2 is 2.19 bits per heavy atom. The van der Waals surface area contributed by atoms with Crippen molar-refractivity contribution in [1.29, 1.82) is 0 Å². The molecule has 0 radical (unpaired) electrons. The van der Waals surface area contributed by atoms with E-state index >= 15 is 0 Å². The number of nitrogens with zero attached hydrogens (tertiary/aromatic N) is 1. The number of nitrogens with one attached hydrogen (secondary N) is 1. The Kier molecular flexibility index (Phi) is 3.60. The van der Waals surface area contributed by atoms with E-state index in [1.807, 2.05) is 13.0 Å². The van der Waals surface area contributed by atoms with E-state index in [1.165, 1.54) is 11.1 Å². The lowest BCUT2D eigenvalue weighted by Crippen LogP contribution is -2.33. The molecule has 3 rings (SSSR count). The Hall–Kier alpha value is -2.36. The molecule has 0 bridgehead atoms. The van der Waals surface area contributed by atoms with Gasteiger partial charge in [0, 0.05) is 23.7 Å². The minimum atomic E-state index is -0.0804. The van der Waals surface area contributed by atoms with Crippen LogP contribution in [0, 0.1) is 0 Å². The fourth-order valence-electron chi connectivity index (χ4n) is 2.79. The molecule has 0 spiro atoms. The second-order valence-corrected chi connectivity index (χ2v) is 5.44. The van der Waals surface area contributed by atoms with Crippen LogP contribution in [0.5, 0.6) is 0 Å². The number of hydrogen-bond donors (Lipinski definition) is 2. The molecule has 1 aliphatic rings. The van der Waals surface area contributed by atoms with Crippen LogP contribution in [0.15, 0.2) is 36.4 Å². The zero-order valence-corrected chi connectivity index (χ0v) is 12.1. The third-order valence-electron chi connectivity index (χ3n) is 3.99. The second-order valence-electron chi connectivity index (χ2n) is 5.44. The van der Waals surface area contributed by atoms with Crippen LogP contribution in [-0.2, 0) is 12.8 Å². The Morgan fingerprint density at radius 1 is 1.38 bits per heavy atom. The highest BCUT2D eigenvalue weighted by Crippen LogP contribution is 2.34. The highest BCUT2D eigenvalue weighted by Gasteiger charge is 2.25. The van der Waals surface area contributed by atoms with Crippen LogP contribution in [0.1, 0.15) is 40.0 Å². The van der Waals surface area contributed by atoms with Crippen LogP contribution in [0.25, 0.3) is 0 Å². The van der Waals surface area contributed by atoms with E-state index < -0.39 is 0 Å². The Labute approximate surface area is 124 Å². The first-order chi connectivity index (χ1) is 10.2. The number of nitrogens with two attached hydrogens (primary N) is 1. The lowest BCUT2D eigenvalue weighted by molar-refractivity contribution is 0.0950. The molecule has 0 fully saturated rings. The van der Waals surface area contributed by atoms with Crippen molar-refractivity contribution in [2.24, 2.45) is 0 Å². The fraction of sp³-hybridized carbons (Fsp3) is 0.294. The minimum absolute atomic E-state index is 0.0804. The van der Waals surface area contributed by atoms with Crippen LogP contribution in [0.2, 0.25) is 0 Å². The quantitative estimate of drug-likeness (QED) is 0.903. The minimum Gasteiger partial charge on any atom is -0.384 e. The molecule has 1 aromatic carbocycles. The molecule has 1 amide bonds. The first-order valence-corrected chi connectivity index (χ1v) is 7.30. The van der Waals surface area contributed by atoms with E-state index in [4.69, 9.17) is 5.73 Å². The molecule has 1 aliphatic carbocycles. The maximum Gasteiger partial charge on any atom is 0.251 e. The number of hydrogen-bond acceptors (Lipinski definition) is 3. The zero-order chi connectivity index (χ0) is 14.8.